The lowest BCUT2D eigenvalue weighted by Crippen LogP contribution is -1.80. The molecule has 14 heavy (non-hydrogen) atoms. The van der Waals surface area contributed by atoms with Crippen molar-refractivity contribution in [3.05, 3.63) is 40.7 Å². The maximum Gasteiger partial charge on any atom is 0.226 e. The van der Waals surface area contributed by atoms with E-state index in [1.807, 2.05) is 32.0 Å². The molecule has 2 aromatic rings. The molecule has 0 spiro atoms. The van der Waals surface area contributed by atoms with Gasteiger partial charge in [0.2, 0.25) is 5.89 Å². The minimum atomic E-state index is 0.641. The molecule has 1 aromatic heterocycles. The van der Waals surface area contributed by atoms with E-state index in [0.29, 0.717) is 5.89 Å². The molecule has 0 radical (unpaired) electrons. The molecule has 0 fully saturated rings. The van der Waals surface area contributed by atoms with Gasteiger partial charge in [-0.15, -0.1) is 0 Å². The number of benzene rings is 1. The zero-order valence-corrected chi connectivity index (χ0v) is 8.80. The monoisotopic (exact) mass is 207 g/mol. The van der Waals surface area contributed by atoms with Crippen LogP contribution in [-0.4, -0.2) is 4.98 Å². The highest BCUT2D eigenvalue weighted by atomic mass is 35.5. The Morgan fingerprint density at radius 3 is 2.64 bits per heavy atom. The van der Waals surface area contributed by atoms with E-state index in [0.717, 1.165) is 21.9 Å². The Morgan fingerprint density at radius 2 is 2.07 bits per heavy atom. The fraction of sp³-hybridized carbons (Fsp3) is 0.182. The highest BCUT2D eigenvalue weighted by Gasteiger charge is 2.05. The van der Waals surface area contributed by atoms with Gasteiger partial charge in [-0.3, -0.25) is 0 Å². The zero-order chi connectivity index (χ0) is 10.1. The van der Waals surface area contributed by atoms with E-state index in [2.05, 4.69) is 4.98 Å². The minimum Gasteiger partial charge on any atom is -0.441 e. The number of hydrogen-bond donors (Lipinski definition) is 0. The quantitative estimate of drug-likeness (QED) is 0.714. The lowest BCUT2D eigenvalue weighted by molar-refractivity contribution is 0.542. The summed E-state index contributed by atoms with van der Waals surface area (Å²) in [6, 6.07) is 5.72. The van der Waals surface area contributed by atoms with Crippen molar-refractivity contribution in [2.75, 3.05) is 0 Å². The number of rotatable bonds is 1. The van der Waals surface area contributed by atoms with E-state index >= 15 is 0 Å². The number of halogens is 1. The van der Waals surface area contributed by atoms with E-state index in [1.165, 1.54) is 0 Å². The largest absolute Gasteiger partial charge is 0.441 e. The molecule has 0 aliphatic rings. The Kier molecular flexibility index (Phi) is 2.30. The molecule has 0 N–H and O–H groups in total. The molecule has 2 rings (SSSR count). The SMILES string of the molecule is Cc1cnc(-c2ccc(Cl)c(C)c2)o1. The van der Waals surface area contributed by atoms with E-state index in [9.17, 15) is 0 Å². The average molecular weight is 208 g/mol. The first-order valence-electron chi connectivity index (χ1n) is 4.36. The maximum absolute atomic E-state index is 5.92. The lowest BCUT2D eigenvalue weighted by atomic mass is 10.1. The second-order valence-electron chi connectivity index (χ2n) is 3.24. The number of aromatic nitrogens is 1. The van der Waals surface area contributed by atoms with E-state index in [-0.39, 0.29) is 0 Å². The maximum atomic E-state index is 5.92. The molecule has 2 nitrogen and oxygen atoms in total. The van der Waals surface area contributed by atoms with Crippen LogP contribution in [-0.2, 0) is 0 Å². The van der Waals surface area contributed by atoms with E-state index in [4.69, 9.17) is 16.0 Å². The van der Waals surface area contributed by atoms with Crippen LogP contribution in [0.5, 0.6) is 0 Å². The van der Waals surface area contributed by atoms with Gasteiger partial charge in [0.05, 0.1) is 6.20 Å². The predicted octanol–water partition coefficient (Wildman–Crippen LogP) is 3.61. The highest BCUT2D eigenvalue weighted by molar-refractivity contribution is 6.31. The number of nitrogens with zero attached hydrogens (tertiary/aromatic N) is 1. The smallest absolute Gasteiger partial charge is 0.226 e. The van der Waals surface area contributed by atoms with Crippen LogP contribution >= 0.6 is 11.6 Å². The third-order valence-corrected chi connectivity index (χ3v) is 2.45. The van der Waals surface area contributed by atoms with Gasteiger partial charge in [-0.1, -0.05) is 11.6 Å². The van der Waals surface area contributed by atoms with Crippen LogP contribution in [0.15, 0.2) is 28.8 Å². The van der Waals surface area contributed by atoms with Gasteiger partial charge in [0.1, 0.15) is 5.76 Å². The van der Waals surface area contributed by atoms with Crippen molar-refractivity contribution in [1.82, 2.24) is 4.98 Å². The molecule has 1 heterocycles. The summed E-state index contributed by atoms with van der Waals surface area (Å²) in [6.45, 7) is 3.83. The third-order valence-electron chi connectivity index (χ3n) is 2.03. The van der Waals surface area contributed by atoms with Crippen molar-refractivity contribution < 1.29 is 4.42 Å². The van der Waals surface area contributed by atoms with Crippen LogP contribution in [0.3, 0.4) is 0 Å². The van der Waals surface area contributed by atoms with E-state index < -0.39 is 0 Å². The van der Waals surface area contributed by atoms with Gasteiger partial charge in [-0.2, -0.15) is 0 Å². The van der Waals surface area contributed by atoms with E-state index in [1.54, 1.807) is 6.20 Å². The molecule has 0 atom stereocenters. The van der Waals surface area contributed by atoms with Crippen LogP contribution in [0.2, 0.25) is 5.02 Å². The van der Waals surface area contributed by atoms with Gasteiger partial charge in [0.25, 0.3) is 0 Å². The topological polar surface area (TPSA) is 26.0 Å². The average Bonchev–Trinajstić information content (AvgIpc) is 2.57. The van der Waals surface area contributed by atoms with Crippen molar-refractivity contribution in [2.24, 2.45) is 0 Å². The van der Waals surface area contributed by atoms with Gasteiger partial charge in [0, 0.05) is 10.6 Å². The zero-order valence-electron chi connectivity index (χ0n) is 8.04. The molecule has 0 saturated heterocycles. The molecule has 0 aliphatic carbocycles. The predicted molar refractivity (Wildman–Crippen MR) is 56.4 cm³/mol. The molecule has 3 heteroatoms. The van der Waals surface area contributed by atoms with Crippen molar-refractivity contribution in [1.29, 1.82) is 0 Å². The summed E-state index contributed by atoms with van der Waals surface area (Å²) >= 11 is 5.92. The van der Waals surface area contributed by atoms with Crippen molar-refractivity contribution in [3.63, 3.8) is 0 Å². The fourth-order valence-electron chi connectivity index (χ4n) is 1.27. The Labute approximate surface area is 87.5 Å². The summed E-state index contributed by atoms with van der Waals surface area (Å²) in [6.07, 6.45) is 1.71. The van der Waals surface area contributed by atoms with Crippen molar-refractivity contribution in [2.45, 2.75) is 13.8 Å². The van der Waals surface area contributed by atoms with Crippen LogP contribution in [0.1, 0.15) is 11.3 Å². The highest BCUT2D eigenvalue weighted by Crippen LogP contribution is 2.24. The first-order valence-corrected chi connectivity index (χ1v) is 4.73. The van der Waals surface area contributed by atoms with Gasteiger partial charge >= 0.3 is 0 Å². The number of hydrogen-bond acceptors (Lipinski definition) is 2. The summed E-state index contributed by atoms with van der Waals surface area (Å²) in [5.41, 5.74) is 1.99. The Balaban J connectivity index is 2.47. The molecule has 0 saturated carbocycles. The van der Waals surface area contributed by atoms with Gasteiger partial charge in [0.15, 0.2) is 0 Å². The Morgan fingerprint density at radius 1 is 1.29 bits per heavy atom. The molecule has 72 valence electrons. The third kappa shape index (κ3) is 1.66. The first-order chi connectivity index (χ1) is 6.66. The van der Waals surface area contributed by atoms with Crippen LogP contribution in [0, 0.1) is 13.8 Å². The van der Waals surface area contributed by atoms with Crippen LogP contribution in [0.25, 0.3) is 11.5 Å². The van der Waals surface area contributed by atoms with Gasteiger partial charge < -0.3 is 4.42 Å². The van der Waals surface area contributed by atoms with Crippen LogP contribution in [0.4, 0.5) is 0 Å². The lowest BCUT2D eigenvalue weighted by Gasteiger charge is -1.99. The second kappa shape index (κ2) is 3.46. The normalized spacial score (nSPS) is 10.5. The second-order valence-corrected chi connectivity index (χ2v) is 3.65. The number of aryl methyl sites for hydroxylation is 2. The summed E-state index contributed by atoms with van der Waals surface area (Å²) in [7, 11) is 0. The van der Waals surface area contributed by atoms with Gasteiger partial charge in [-0.25, -0.2) is 4.98 Å². The van der Waals surface area contributed by atoms with Crippen LogP contribution < -0.4 is 0 Å². The Bertz CT molecular complexity index is 462. The summed E-state index contributed by atoms with van der Waals surface area (Å²) in [5, 5.41) is 0.761. The van der Waals surface area contributed by atoms with Crippen molar-refractivity contribution in [3.8, 4) is 11.5 Å². The summed E-state index contributed by atoms with van der Waals surface area (Å²) in [4.78, 5) is 4.15. The molecular weight excluding hydrogens is 198 g/mol. The molecule has 0 unspecified atom stereocenters. The number of oxazole rings is 1. The molecule has 1 aromatic carbocycles. The minimum absolute atomic E-state index is 0.641. The fourth-order valence-corrected chi connectivity index (χ4v) is 1.38. The standard InChI is InChI=1S/C11H10ClNO/c1-7-5-9(3-4-10(7)12)11-13-6-8(2)14-11/h3-6H,1-2H3. The molecular formula is C11H10ClNO. The summed E-state index contributed by atoms with van der Waals surface area (Å²) in [5.74, 6) is 1.45. The Hall–Kier alpha value is -1.28. The van der Waals surface area contributed by atoms with Crippen molar-refractivity contribution >= 4 is 11.6 Å². The first kappa shape index (κ1) is 9.28. The molecule has 0 bridgehead atoms. The van der Waals surface area contributed by atoms with Gasteiger partial charge in [-0.05, 0) is 37.6 Å². The molecule has 0 aliphatic heterocycles. The summed E-state index contributed by atoms with van der Waals surface area (Å²) < 4.78 is 5.41. The molecule has 0 amide bonds.